The van der Waals surface area contributed by atoms with Crippen molar-refractivity contribution < 1.29 is 0 Å². The lowest BCUT2D eigenvalue weighted by atomic mass is 9.89. The molecule has 9 rings (SSSR count). The van der Waals surface area contributed by atoms with Gasteiger partial charge in [0.05, 0.1) is 39.0 Å². The first kappa shape index (κ1) is 26.1. The molecule has 214 valence electrons. The number of hydrogen-bond acceptors (Lipinski definition) is 1. The van der Waals surface area contributed by atoms with Crippen LogP contribution in [0.4, 0.5) is 0 Å². The predicted octanol–water partition coefficient (Wildman–Crippen LogP) is 11.1. The summed E-state index contributed by atoms with van der Waals surface area (Å²) in [7, 11) is 0. The third kappa shape index (κ3) is 3.78. The van der Waals surface area contributed by atoms with Crippen LogP contribution in [0.2, 0.25) is 0 Å². The van der Waals surface area contributed by atoms with Crippen molar-refractivity contribution in [3.8, 4) is 39.7 Å². The van der Waals surface area contributed by atoms with Gasteiger partial charge in [0, 0.05) is 32.7 Å². The van der Waals surface area contributed by atoms with E-state index in [-0.39, 0.29) is 0 Å². The fourth-order valence-corrected chi connectivity index (χ4v) is 7.27. The second-order valence-corrected chi connectivity index (χ2v) is 11.6. The van der Waals surface area contributed by atoms with Gasteiger partial charge in [-0.2, -0.15) is 5.26 Å². The van der Waals surface area contributed by atoms with Crippen LogP contribution in [0.3, 0.4) is 0 Å². The zero-order chi connectivity index (χ0) is 30.6. The van der Waals surface area contributed by atoms with Crippen molar-refractivity contribution >= 4 is 43.6 Å². The Kier molecular flexibility index (Phi) is 5.88. The summed E-state index contributed by atoms with van der Waals surface area (Å²) in [5.41, 5.74) is 11.3. The fraction of sp³-hybridized carbons (Fsp3) is 0. The first-order chi connectivity index (χ1) is 22.8. The lowest BCUT2D eigenvalue weighted by molar-refractivity contribution is 1.15. The minimum Gasteiger partial charge on any atom is -0.309 e. The van der Waals surface area contributed by atoms with E-state index in [2.05, 4.69) is 167 Å². The van der Waals surface area contributed by atoms with Crippen LogP contribution in [0.1, 0.15) is 5.56 Å². The Balaban J connectivity index is 1.49. The van der Waals surface area contributed by atoms with Crippen molar-refractivity contribution in [2.24, 2.45) is 0 Å². The average molecular weight is 586 g/mol. The van der Waals surface area contributed by atoms with Gasteiger partial charge in [-0.05, 0) is 47.5 Å². The van der Waals surface area contributed by atoms with Gasteiger partial charge in [0.1, 0.15) is 6.07 Å². The highest BCUT2D eigenvalue weighted by atomic mass is 15.0. The number of benzene rings is 7. The van der Waals surface area contributed by atoms with Gasteiger partial charge in [-0.25, -0.2) is 0 Å². The summed E-state index contributed by atoms with van der Waals surface area (Å²) in [6.45, 7) is 0. The van der Waals surface area contributed by atoms with Crippen molar-refractivity contribution in [2.45, 2.75) is 0 Å². The normalized spacial score (nSPS) is 11.5. The summed E-state index contributed by atoms with van der Waals surface area (Å²) in [5.74, 6) is 0. The summed E-state index contributed by atoms with van der Waals surface area (Å²) in [6, 6.07) is 60.1. The van der Waals surface area contributed by atoms with Gasteiger partial charge in [0.15, 0.2) is 0 Å². The van der Waals surface area contributed by atoms with Crippen LogP contribution in [-0.2, 0) is 0 Å². The molecule has 0 fully saturated rings. The molecule has 7 aromatic carbocycles. The summed E-state index contributed by atoms with van der Waals surface area (Å²) in [6.07, 6.45) is 0. The zero-order valence-corrected chi connectivity index (χ0v) is 24.9. The highest BCUT2D eigenvalue weighted by Crippen LogP contribution is 2.45. The Bertz CT molecular complexity index is 2540. The molecule has 0 atom stereocenters. The number of para-hydroxylation sites is 5. The molecule has 0 aliphatic carbocycles. The summed E-state index contributed by atoms with van der Waals surface area (Å²) >= 11 is 0. The number of aromatic nitrogens is 2. The van der Waals surface area contributed by atoms with Crippen molar-refractivity contribution in [1.82, 2.24) is 9.13 Å². The molecule has 0 saturated carbocycles. The molecule has 46 heavy (non-hydrogen) atoms. The molecule has 0 unspecified atom stereocenters. The molecule has 0 spiro atoms. The largest absolute Gasteiger partial charge is 0.309 e. The van der Waals surface area contributed by atoms with Crippen LogP contribution in [0.15, 0.2) is 164 Å². The van der Waals surface area contributed by atoms with Gasteiger partial charge in [-0.3, -0.25) is 0 Å². The monoisotopic (exact) mass is 585 g/mol. The highest BCUT2D eigenvalue weighted by Gasteiger charge is 2.25. The smallest absolute Gasteiger partial charge is 0.101 e. The minimum atomic E-state index is 0.623. The fourth-order valence-electron chi connectivity index (χ4n) is 7.27. The number of rotatable bonds is 4. The van der Waals surface area contributed by atoms with E-state index in [4.69, 9.17) is 0 Å². The van der Waals surface area contributed by atoms with Crippen molar-refractivity contribution in [3.63, 3.8) is 0 Å². The molecule has 0 aliphatic rings. The Labute approximate surface area is 266 Å². The molecule has 9 aromatic rings. The van der Waals surface area contributed by atoms with Gasteiger partial charge >= 0.3 is 0 Å². The molecule has 0 radical (unpaired) electrons. The van der Waals surface area contributed by atoms with Gasteiger partial charge in [-0.1, -0.05) is 127 Å². The molecular formula is C43H27N3. The third-order valence-corrected chi connectivity index (χ3v) is 9.18. The standard InChI is InChI=1S/C43H27N3/c44-28-30-26-27-31(29-14-2-1-3-15-29)42(43(30)46-39-23-11-6-18-34(39)35-19-7-12-24-40(35)46)36-20-8-13-25-41(36)45-37-21-9-4-16-32(37)33-17-5-10-22-38(33)45/h1-27H. The molecule has 2 aromatic heterocycles. The van der Waals surface area contributed by atoms with Crippen LogP contribution in [0.5, 0.6) is 0 Å². The third-order valence-electron chi connectivity index (χ3n) is 9.18. The number of nitrogens with zero attached hydrogens (tertiary/aromatic N) is 3. The average Bonchev–Trinajstić information content (AvgIpc) is 3.64. The minimum absolute atomic E-state index is 0.623. The maximum absolute atomic E-state index is 10.8. The van der Waals surface area contributed by atoms with Crippen molar-refractivity contribution in [2.75, 3.05) is 0 Å². The Morgan fingerprint density at radius 2 is 0.848 bits per heavy atom. The second-order valence-electron chi connectivity index (χ2n) is 11.6. The quantitative estimate of drug-likeness (QED) is 0.202. The lowest BCUT2D eigenvalue weighted by Gasteiger charge is -2.22. The Morgan fingerprint density at radius 3 is 1.39 bits per heavy atom. The first-order valence-corrected chi connectivity index (χ1v) is 15.5. The zero-order valence-electron chi connectivity index (χ0n) is 24.9. The Morgan fingerprint density at radius 1 is 0.391 bits per heavy atom. The first-order valence-electron chi connectivity index (χ1n) is 15.5. The topological polar surface area (TPSA) is 33.6 Å². The maximum Gasteiger partial charge on any atom is 0.101 e. The Hall–Kier alpha value is -6.37. The van der Waals surface area contributed by atoms with Crippen LogP contribution < -0.4 is 0 Å². The molecule has 0 amide bonds. The van der Waals surface area contributed by atoms with Gasteiger partial charge in [0.25, 0.3) is 0 Å². The van der Waals surface area contributed by atoms with E-state index >= 15 is 0 Å². The molecule has 0 N–H and O–H groups in total. The molecule has 0 saturated heterocycles. The van der Waals surface area contributed by atoms with E-state index in [0.29, 0.717) is 5.56 Å². The second kappa shape index (κ2) is 10.4. The molecule has 0 bridgehead atoms. The molecule has 3 nitrogen and oxygen atoms in total. The maximum atomic E-state index is 10.8. The van der Waals surface area contributed by atoms with Gasteiger partial charge < -0.3 is 9.13 Å². The molecule has 0 aliphatic heterocycles. The van der Waals surface area contributed by atoms with E-state index in [9.17, 15) is 5.26 Å². The van der Waals surface area contributed by atoms with E-state index < -0.39 is 0 Å². The van der Waals surface area contributed by atoms with Crippen molar-refractivity contribution in [3.05, 3.63) is 169 Å². The lowest BCUT2D eigenvalue weighted by Crippen LogP contribution is -2.05. The number of hydrogen-bond donors (Lipinski definition) is 0. The van der Waals surface area contributed by atoms with E-state index in [1.54, 1.807) is 0 Å². The number of fused-ring (bicyclic) bond motifs is 6. The van der Waals surface area contributed by atoms with Crippen molar-refractivity contribution in [1.29, 1.82) is 5.26 Å². The van der Waals surface area contributed by atoms with Crippen LogP contribution in [0.25, 0.3) is 77.2 Å². The summed E-state index contributed by atoms with van der Waals surface area (Å²) in [5, 5.41) is 15.5. The predicted molar refractivity (Wildman–Crippen MR) is 191 cm³/mol. The van der Waals surface area contributed by atoms with Crippen LogP contribution in [-0.4, -0.2) is 9.13 Å². The number of nitriles is 1. The van der Waals surface area contributed by atoms with Crippen LogP contribution in [0, 0.1) is 11.3 Å². The van der Waals surface area contributed by atoms with E-state index in [1.165, 1.54) is 10.8 Å². The van der Waals surface area contributed by atoms with Crippen LogP contribution >= 0.6 is 0 Å². The summed E-state index contributed by atoms with van der Waals surface area (Å²) in [4.78, 5) is 0. The van der Waals surface area contributed by atoms with E-state index in [1.807, 2.05) is 12.1 Å². The van der Waals surface area contributed by atoms with Gasteiger partial charge in [-0.15, -0.1) is 0 Å². The molecule has 3 heteroatoms. The summed E-state index contributed by atoms with van der Waals surface area (Å²) < 4.78 is 4.68. The molecular weight excluding hydrogens is 558 g/mol. The SMILES string of the molecule is N#Cc1ccc(-c2ccccc2)c(-c2ccccc2-n2c3ccccc3c3ccccc32)c1-n1c2ccccc2c2ccccc21. The van der Waals surface area contributed by atoms with Gasteiger partial charge in [0.2, 0.25) is 0 Å². The highest BCUT2D eigenvalue weighted by molar-refractivity contribution is 6.12. The molecule has 2 heterocycles. The van der Waals surface area contributed by atoms with E-state index in [0.717, 1.165) is 66.5 Å².